The van der Waals surface area contributed by atoms with Crippen LogP contribution in [0.3, 0.4) is 0 Å². The lowest BCUT2D eigenvalue weighted by molar-refractivity contribution is -0.139. The SMILES string of the molecule is CC(C(=O)O)C1=C(c2ccccc2)N(N)C(C#N)C(C#N)=N1. The highest BCUT2D eigenvalue weighted by Crippen LogP contribution is 2.32. The van der Waals surface area contributed by atoms with Crippen molar-refractivity contribution >= 4 is 17.4 Å². The monoisotopic (exact) mass is 295 g/mol. The Kier molecular flexibility index (Phi) is 4.21. The first-order valence-corrected chi connectivity index (χ1v) is 6.45. The number of carboxylic acids is 1. The van der Waals surface area contributed by atoms with Crippen molar-refractivity contribution in [1.82, 2.24) is 5.01 Å². The van der Waals surface area contributed by atoms with Gasteiger partial charge in [-0.3, -0.25) is 9.80 Å². The maximum atomic E-state index is 11.3. The molecule has 0 spiro atoms. The number of benzene rings is 1. The first-order chi connectivity index (χ1) is 10.5. The lowest BCUT2D eigenvalue weighted by atomic mass is 9.97. The van der Waals surface area contributed by atoms with Gasteiger partial charge in [0, 0.05) is 5.56 Å². The molecule has 0 bridgehead atoms. The lowest BCUT2D eigenvalue weighted by Crippen LogP contribution is -2.46. The normalized spacial score (nSPS) is 19.0. The molecule has 0 radical (unpaired) electrons. The van der Waals surface area contributed by atoms with Crippen molar-refractivity contribution in [3.05, 3.63) is 41.6 Å². The van der Waals surface area contributed by atoms with Gasteiger partial charge in [-0.15, -0.1) is 0 Å². The van der Waals surface area contributed by atoms with E-state index in [1.807, 2.05) is 12.1 Å². The van der Waals surface area contributed by atoms with Crippen molar-refractivity contribution in [2.45, 2.75) is 13.0 Å². The maximum Gasteiger partial charge on any atom is 0.312 e. The summed E-state index contributed by atoms with van der Waals surface area (Å²) in [6.07, 6.45) is 0. The number of hydrazine groups is 1. The van der Waals surface area contributed by atoms with Gasteiger partial charge in [0.1, 0.15) is 6.07 Å². The van der Waals surface area contributed by atoms with E-state index in [1.165, 1.54) is 6.92 Å². The van der Waals surface area contributed by atoms with E-state index in [9.17, 15) is 15.2 Å². The Bertz CT molecular complexity index is 739. The predicted molar refractivity (Wildman–Crippen MR) is 78.6 cm³/mol. The Morgan fingerprint density at radius 1 is 1.41 bits per heavy atom. The molecule has 0 saturated carbocycles. The van der Waals surface area contributed by atoms with Crippen molar-refractivity contribution in [1.29, 1.82) is 10.5 Å². The van der Waals surface area contributed by atoms with Crippen LogP contribution < -0.4 is 5.84 Å². The molecule has 1 aliphatic rings. The Balaban J connectivity index is 2.72. The number of nitrogens with two attached hydrogens (primary N) is 1. The summed E-state index contributed by atoms with van der Waals surface area (Å²) in [5.74, 6) is 3.93. The van der Waals surface area contributed by atoms with E-state index in [-0.39, 0.29) is 11.4 Å². The van der Waals surface area contributed by atoms with Crippen molar-refractivity contribution in [3.63, 3.8) is 0 Å². The summed E-state index contributed by atoms with van der Waals surface area (Å²) in [5, 5.41) is 28.7. The average molecular weight is 295 g/mol. The van der Waals surface area contributed by atoms with Crippen LogP contribution in [0.2, 0.25) is 0 Å². The first-order valence-electron chi connectivity index (χ1n) is 6.45. The van der Waals surface area contributed by atoms with Crippen LogP contribution in [0.1, 0.15) is 12.5 Å². The fraction of sp³-hybridized carbons (Fsp3) is 0.200. The largest absolute Gasteiger partial charge is 0.481 e. The quantitative estimate of drug-likeness (QED) is 0.804. The fourth-order valence-electron chi connectivity index (χ4n) is 2.16. The topological polar surface area (TPSA) is 126 Å². The zero-order chi connectivity index (χ0) is 16.3. The van der Waals surface area contributed by atoms with Crippen molar-refractivity contribution in [2.75, 3.05) is 0 Å². The maximum absolute atomic E-state index is 11.3. The van der Waals surface area contributed by atoms with Crippen LogP contribution >= 0.6 is 0 Å². The number of carboxylic acid groups (broad SMARTS) is 1. The molecule has 0 fully saturated rings. The van der Waals surface area contributed by atoms with Gasteiger partial charge < -0.3 is 5.11 Å². The van der Waals surface area contributed by atoms with Crippen LogP contribution in [0.5, 0.6) is 0 Å². The smallest absolute Gasteiger partial charge is 0.312 e. The van der Waals surface area contributed by atoms with Crippen molar-refractivity contribution < 1.29 is 9.90 Å². The third kappa shape index (κ3) is 2.53. The van der Waals surface area contributed by atoms with Gasteiger partial charge in [-0.25, -0.2) is 10.8 Å². The molecule has 1 heterocycles. The molecule has 2 unspecified atom stereocenters. The minimum atomic E-state index is -1.09. The minimum Gasteiger partial charge on any atom is -0.481 e. The summed E-state index contributed by atoms with van der Waals surface area (Å²) >= 11 is 0. The van der Waals surface area contributed by atoms with E-state index in [2.05, 4.69) is 4.99 Å². The average Bonchev–Trinajstić information content (AvgIpc) is 2.53. The lowest BCUT2D eigenvalue weighted by Gasteiger charge is -2.32. The molecule has 2 atom stereocenters. The Morgan fingerprint density at radius 2 is 2.05 bits per heavy atom. The Labute approximate surface area is 127 Å². The molecule has 1 aliphatic heterocycles. The number of hydrogen-bond acceptors (Lipinski definition) is 6. The fourth-order valence-corrected chi connectivity index (χ4v) is 2.16. The summed E-state index contributed by atoms with van der Waals surface area (Å²) in [7, 11) is 0. The van der Waals surface area contributed by atoms with Gasteiger partial charge in [-0.05, 0) is 6.92 Å². The molecule has 0 amide bonds. The molecule has 3 N–H and O–H groups in total. The number of nitrogens with zero attached hydrogens (tertiary/aromatic N) is 4. The number of aliphatic imine (C=N–C) groups is 1. The summed E-state index contributed by atoms with van der Waals surface area (Å²) in [4.78, 5) is 15.4. The van der Waals surface area contributed by atoms with Gasteiger partial charge in [-0.2, -0.15) is 10.5 Å². The van der Waals surface area contributed by atoms with Gasteiger partial charge in [0.25, 0.3) is 0 Å². The van der Waals surface area contributed by atoms with E-state index in [4.69, 9.17) is 11.1 Å². The van der Waals surface area contributed by atoms with Crippen LogP contribution in [-0.4, -0.2) is 27.8 Å². The number of rotatable bonds is 3. The summed E-state index contributed by atoms with van der Waals surface area (Å²) in [5.41, 5.74) is 1.01. The molecule has 7 nitrogen and oxygen atoms in total. The second kappa shape index (κ2) is 6.08. The Hall–Kier alpha value is -3.16. The second-order valence-corrected chi connectivity index (χ2v) is 4.71. The van der Waals surface area contributed by atoms with Crippen LogP contribution in [0.4, 0.5) is 0 Å². The van der Waals surface area contributed by atoms with Gasteiger partial charge in [-0.1, -0.05) is 30.3 Å². The van der Waals surface area contributed by atoms with Gasteiger partial charge in [0.15, 0.2) is 11.8 Å². The van der Waals surface area contributed by atoms with E-state index < -0.39 is 17.9 Å². The first kappa shape index (κ1) is 15.2. The summed E-state index contributed by atoms with van der Waals surface area (Å²) in [6.45, 7) is 1.46. The third-order valence-electron chi connectivity index (χ3n) is 3.34. The highest BCUT2D eigenvalue weighted by atomic mass is 16.4. The standard InChI is InChI=1S/C15H13N5O2/c1-9(15(21)22)13-14(10-5-3-2-4-6-10)20(18)12(8-17)11(7-16)19-13/h2-6,9,12H,18H2,1H3,(H,21,22). The van der Waals surface area contributed by atoms with E-state index in [0.717, 1.165) is 5.01 Å². The molecule has 0 aromatic heterocycles. The molecule has 1 aromatic rings. The van der Waals surface area contributed by atoms with Gasteiger partial charge >= 0.3 is 5.97 Å². The third-order valence-corrected chi connectivity index (χ3v) is 3.34. The highest BCUT2D eigenvalue weighted by Gasteiger charge is 2.34. The van der Waals surface area contributed by atoms with Crippen LogP contribution in [-0.2, 0) is 4.79 Å². The predicted octanol–water partition coefficient (Wildman–Crippen LogP) is 1.12. The molecule has 0 saturated heterocycles. The van der Waals surface area contributed by atoms with E-state index >= 15 is 0 Å². The van der Waals surface area contributed by atoms with Crippen LogP contribution in [0.25, 0.3) is 5.70 Å². The molecule has 110 valence electrons. The molecule has 2 rings (SSSR count). The minimum absolute atomic E-state index is 0.118. The summed E-state index contributed by atoms with van der Waals surface area (Å²) in [6, 6.07) is 11.5. The molecular formula is C15H13N5O2. The zero-order valence-corrected chi connectivity index (χ0v) is 11.8. The number of hydrogen-bond donors (Lipinski definition) is 2. The van der Waals surface area contributed by atoms with E-state index in [1.54, 1.807) is 30.3 Å². The van der Waals surface area contributed by atoms with Gasteiger partial charge in [0.05, 0.1) is 23.4 Å². The van der Waals surface area contributed by atoms with E-state index in [0.29, 0.717) is 11.3 Å². The molecule has 22 heavy (non-hydrogen) atoms. The second-order valence-electron chi connectivity index (χ2n) is 4.71. The zero-order valence-electron chi connectivity index (χ0n) is 11.8. The highest BCUT2D eigenvalue weighted by molar-refractivity contribution is 6.07. The molecule has 7 heteroatoms. The summed E-state index contributed by atoms with van der Waals surface area (Å²) < 4.78 is 0. The molecule has 1 aromatic carbocycles. The number of carbonyl (C=O) groups is 1. The van der Waals surface area contributed by atoms with Crippen LogP contribution in [0.15, 0.2) is 41.0 Å². The Morgan fingerprint density at radius 3 is 2.55 bits per heavy atom. The molecule has 0 aliphatic carbocycles. The van der Waals surface area contributed by atoms with Crippen LogP contribution in [0, 0.1) is 28.6 Å². The van der Waals surface area contributed by atoms with Crippen molar-refractivity contribution in [2.24, 2.45) is 16.8 Å². The number of aliphatic carboxylic acids is 1. The number of nitriles is 2. The molecular weight excluding hydrogens is 282 g/mol. The van der Waals surface area contributed by atoms with Gasteiger partial charge in [0.2, 0.25) is 0 Å². The van der Waals surface area contributed by atoms with Crippen molar-refractivity contribution in [3.8, 4) is 12.1 Å².